The van der Waals surface area contributed by atoms with E-state index in [9.17, 15) is 5.11 Å². The first-order valence-electron chi connectivity index (χ1n) is 8.77. The van der Waals surface area contributed by atoms with Crippen molar-refractivity contribution in [3.05, 3.63) is 82.9 Å². The van der Waals surface area contributed by atoms with Gasteiger partial charge >= 0.3 is 0 Å². The second kappa shape index (κ2) is 7.94. The summed E-state index contributed by atoms with van der Waals surface area (Å²) in [7, 11) is 0. The summed E-state index contributed by atoms with van der Waals surface area (Å²) in [5.74, 6) is 1.31. The van der Waals surface area contributed by atoms with E-state index in [1.807, 2.05) is 48.7 Å². The van der Waals surface area contributed by atoms with E-state index in [1.54, 1.807) is 12.3 Å². The van der Waals surface area contributed by atoms with Gasteiger partial charge in [0.25, 0.3) is 0 Å². The molecule has 3 heterocycles. The Bertz CT molecular complexity index is 920. The predicted octanol–water partition coefficient (Wildman–Crippen LogP) is 3.99. The third-order valence-electron chi connectivity index (χ3n) is 4.58. The SMILES string of the molecule is O[C@H]1c2cc(OCc3cccc(Cl)n3)ccc2OC[C@@H]1Cc1cccnc1. The highest BCUT2D eigenvalue weighted by Crippen LogP contribution is 2.38. The predicted molar refractivity (Wildman–Crippen MR) is 102 cm³/mol. The van der Waals surface area contributed by atoms with Crippen molar-refractivity contribution in [2.75, 3.05) is 6.61 Å². The highest BCUT2D eigenvalue weighted by Gasteiger charge is 2.30. The van der Waals surface area contributed by atoms with Gasteiger partial charge in [0.15, 0.2) is 0 Å². The molecule has 0 radical (unpaired) electrons. The number of benzene rings is 1. The fourth-order valence-corrected chi connectivity index (χ4v) is 3.38. The molecule has 3 aromatic rings. The summed E-state index contributed by atoms with van der Waals surface area (Å²) < 4.78 is 11.7. The molecule has 138 valence electrons. The molecule has 6 heteroatoms. The summed E-state index contributed by atoms with van der Waals surface area (Å²) in [5.41, 5.74) is 2.56. The maximum Gasteiger partial charge on any atom is 0.130 e. The van der Waals surface area contributed by atoms with Crippen molar-refractivity contribution in [3.8, 4) is 11.5 Å². The van der Waals surface area contributed by atoms with Gasteiger partial charge in [0.1, 0.15) is 23.3 Å². The number of hydrogen-bond acceptors (Lipinski definition) is 5. The molecular weight excluding hydrogens is 364 g/mol. The molecule has 1 aromatic carbocycles. The molecule has 0 amide bonds. The van der Waals surface area contributed by atoms with E-state index in [0.717, 1.165) is 16.8 Å². The van der Waals surface area contributed by atoms with Gasteiger partial charge < -0.3 is 14.6 Å². The Morgan fingerprint density at radius 1 is 1.19 bits per heavy atom. The lowest BCUT2D eigenvalue weighted by Crippen LogP contribution is -2.27. The Kier molecular flexibility index (Phi) is 5.23. The van der Waals surface area contributed by atoms with Crippen molar-refractivity contribution in [1.29, 1.82) is 0 Å². The van der Waals surface area contributed by atoms with Crippen molar-refractivity contribution in [1.82, 2.24) is 9.97 Å². The summed E-state index contributed by atoms with van der Waals surface area (Å²) in [6.45, 7) is 0.769. The number of halogens is 1. The zero-order valence-electron chi connectivity index (χ0n) is 14.6. The zero-order chi connectivity index (χ0) is 18.6. The number of rotatable bonds is 5. The molecule has 0 saturated carbocycles. The summed E-state index contributed by atoms with van der Waals surface area (Å²) in [5, 5.41) is 11.3. The molecule has 0 saturated heterocycles. The van der Waals surface area contributed by atoms with Crippen LogP contribution in [0.1, 0.15) is 22.9 Å². The number of aliphatic hydroxyl groups is 1. The smallest absolute Gasteiger partial charge is 0.130 e. The first-order valence-corrected chi connectivity index (χ1v) is 9.15. The molecule has 0 fully saturated rings. The Morgan fingerprint density at radius 2 is 2.11 bits per heavy atom. The first kappa shape index (κ1) is 17.8. The number of ether oxygens (including phenoxy) is 2. The molecule has 0 aliphatic carbocycles. The molecular formula is C21H19ClN2O3. The topological polar surface area (TPSA) is 64.5 Å². The zero-order valence-corrected chi connectivity index (χ0v) is 15.3. The molecule has 2 atom stereocenters. The van der Waals surface area contributed by atoms with Crippen molar-refractivity contribution in [3.63, 3.8) is 0 Å². The minimum atomic E-state index is -0.623. The molecule has 0 spiro atoms. The van der Waals surface area contributed by atoms with Gasteiger partial charge in [0, 0.05) is 23.9 Å². The van der Waals surface area contributed by atoms with Crippen LogP contribution in [0.25, 0.3) is 0 Å². The van der Waals surface area contributed by atoms with Crippen LogP contribution in [0.5, 0.6) is 11.5 Å². The van der Waals surface area contributed by atoms with Crippen LogP contribution in [-0.2, 0) is 13.0 Å². The van der Waals surface area contributed by atoms with Crippen LogP contribution in [0.3, 0.4) is 0 Å². The van der Waals surface area contributed by atoms with Crippen molar-refractivity contribution >= 4 is 11.6 Å². The number of aliphatic hydroxyl groups excluding tert-OH is 1. The lowest BCUT2D eigenvalue weighted by Gasteiger charge is -2.30. The van der Waals surface area contributed by atoms with Gasteiger partial charge in [-0.05, 0) is 48.4 Å². The van der Waals surface area contributed by atoms with Crippen LogP contribution in [0.15, 0.2) is 60.9 Å². The lowest BCUT2D eigenvalue weighted by molar-refractivity contribution is 0.0504. The highest BCUT2D eigenvalue weighted by molar-refractivity contribution is 6.29. The summed E-state index contributed by atoms with van der Waals surface area (Å²) in [6.07, 6.45) is 3.64. The van der Waals surface area contributed by atoms with E-state index >= 15 is 0 Å². The minimum absolute atomic E-state index is 0.0356. The largest absolute Gasteiger partial charge is 0.493 e. The van der Waals surface area contributed by atoms with Crippen LogP contribution in [-0.4, -0.2) is 21.7 Å². The van der Waals surface area contributed by atoms with E-state index < -0.39 is 6.10 Å². The van der Waals surface area contributed by atoms with E-state index in [0.29, 0.717) is 36.3 Å². The number of aromatic nitrogens is 2. The fraction of sp³-hybridized carbons (Fsp3) is 0.238. The summed E-state index contributed by atoms with van der Waals surface area (Å²) >= 11 is 5.90. The van der Waals surface area contributed by atoms with E-state index in [4.69, 9.17) is 21.1 Å². The van der Waals surface area contributed by atoms with E-state index in [-0.39, 0.29) is 5.92 Å². The van der Waals surface area contributed by atoms with Gasteiger partial charge in [-0.3, -0.25) is 4.98 Å². The number of pyridine rings is 2. The quantitative estimate of drug-likeness (QED) is 0.676. The van der Waals surface area contributed by atoms with E-state index in [2.05, 4.69) is 9.97 Å². The van der Waals surface area contributed by atoms with Gasteiger partial charge in [-0.25, -0.2) is 4.98 Å². The highest BCUT2D eigenvalue weighted by atomic mass is 35.5. The third kappa shape index (κ3) is 4.21. The summed E-state index contributed by atoms with van der Waals surface area (Å²) in [4.78, 5) is 8.35. The summed E-state index contributed by atoms with van der Waals surface area (Å²) in [6, 6.07) is 14.8. The van der Waals surface area contributed by atoms with Gasteiger partial charge in [-0.1, -0.05) is 23.7 Å². The van der Waals surface area contributed by atoms with Crippen LogP contribution in [0.4, 0.5) is 0 Å². The Balaban J connectivity index is 1.47. The van der Waals surface area contributed by atoms with Crippen molar-refractivity contribution in [2.45, 2.75) is 19.1 Å². The molecule has 0 unspecified atom stereocenters. The molecule has 5 nitrogen and oxygen atoms in total. The Labute approximate surface area is 162 Å². The maximum atomic E-state index is 10.8. The number of fused-ring (bicyclic) bond motifs is 1. The second-order valence-corrected chi connectivity index (χ2v) is 6.91. The Morgan fingerprint density at radius 3 is 2.93 bits per heavy atom. The number of hydrogen-bond donors (Lipinski definition) is 1. The minimum Gasteiger partial charge on any atom is -0.493 e. The number of nitrogens with zero attached hydrogens (tertiary/aromatic N) is 2. The third-order valence-corrected chi connectivity index (χ3v) is 4.79. The second-order valence-electron chi connectivity index (χ2n) is 6.52. The van der Waals surface area contributed by atoms with Crippen molar-refractivity contribution < 1.29 is 14.6 Å². The molecule has 1 aliphatic rings. The van der Waals surface area contributed by atoms with Crippen LogP contribution >= 0.6 is 11.6 Å². The lowest BCUT2D eigenvalue weighted by atomic mass is 9.88. The molecule has 4 rings (SSSR count). The molecule has 0 bridgehead atoms. The Hall–Kier alpha value is -2.63. The average molecular weight is 383 g/mol. The fourth-order valence-electron chi connectivity index (χ4n) is 3.20. The van der Waals surface area contributed by atoms with E-state index in [1.165, 1.54) is 0 Å². The van der Waals surface area contributed by atoms with Gasteiger partial charge in [0.2, 0.25) is 0 Å². The molecule has 1 aliphatic heterocycles. The van der Waals surface area contributed by atoms with Crippen LogP contribution in [0, 0.1) is 5.92 Å². The van der Waals surface area contributed by atoms with Crippen LogP contribution in [0.2, 0.25) is 5.15 Å². The van der Waals surface area contributed by atoms with Crippen molar-refractivity contribution in [2.24, 2.45) is 5.92 Å². The van der Waals surface area contributed by atoms with Gasteiger partial charge in [-0.15, -0.1) is 0 Å². The van der Waals surface area contributed by atoms with Gasteiger partial charge in [0.05, 0.1) is 18.4 Å². The maximum absolute atomic E-state index is 10.8. The van der Waals surface area contributed by atoms with Gasteiger partial charge in [-0.2, -0.15) is 0 Å². The van der Waals surface area contributed by atoms with Crippen LogP contribution < -0.4 is 9.47 Å². The average Bonchev–Trinajstić information content (AvgIpc) is 2.70. The standard InChI is InChI=1S/C21H19ClN2O3/c22-20-5-1-4-16(24-20)13-26-17-6-7-19-18(10-17)21(25)15(12-27-19)9-14-3-2-8-23-11-14/h1-8,10-11,15,21,25H,9,12-13H2/t15-,21+/m0/s1. The first-order chi connectivity index (χ1) is 13.2. The monoisotopic (exact) mass is 382 g/mol. The molecule has 27 heavy (non-hydrogen) atoms. The molecule has 1 N–H and O–H groups in total. The molecule has 2 aromatic heterocycles. The normalized spacial score (nSPS) is 18.4.